The summed E-state index contributed by atoms with van der Waals surface area (Å²) < 4.78 is 1.93. The molecule has 0 aliphatic carbocycles. The molecule has 0 aliphatic rings. The number of imidazole rings is 1. The molecule has 4 heteroatoms. The van der Waals surface area contributed by atoms with Crippen molar-refractivity contribution in [2.24, 2.45) is 0 Å². The number of aryl methyl sites for hydroxylation is 2. The largest absolute Gasteiger partial charge is 0.355 e. The van der Waals surface area contributed by atoms with E-state index in [9.17, 15) is 0 Å². The predicted molar refractivity (Wildman–Crippen MR) is 97.6 cm³/mol. The lowest BCUT2D eigenvalue weighted by Crippen LogP contribution is -1.93. The minimum absolute atomic E-state index is 0.713. The minimum Gasteiger partial charge on any atom is -0.355 e. The lowest BCUT2D eigenvalue weighted by molar-refractivity contribution is 1.11. The molecule has 2 aromatic heterocycles. The first kappa shape index (κ1) is 14.5. The second-order valence-corrected chi connectivity index (χ2v) is 5.97. The number of anilines is 2. The SMILES string of the molecule is Cc1ccc(C)c(Nc2ccc(-c3cn4cccnc4n3)cc2)c1. The Morgan fingerprint density at radius 2 is 1.83 bits per heavy atom. The normalized spacial score (nSPS) is 10.9. The fraction of sp³-hybridized carbons (Fsp3) is 0.100. The predicted octanol–water partition coefficient (Wildman–Crippen LogP) is 4.76. The van der Waals surface area contributed by atoms with Gasteiger partial charge in [0.15, 0.2) is 0 Å². The van der Waals surface area contributed by atoms with Gasteiger partial charge in [-0.05, 0) is 49.2 Å². The van der Waals surface area contributed by atoms with Crippen molar-refractivity contribution in [1.82, 2.24) is 14.4 Å². The van der Waals surface area contributed by atoms with Gasteiger partial charge in [0.1, 0.15) is 0 Å². The van der Waals surface area contributed by atoms with E-state index in [1.54, 1.807) is 6.20 Å². The van der Waals surface area contributed by atoms with Crippen LogP contribution in [0.3, 0.4) is 0 Å². The standard InChI is InChI=1S/C20H18N4/c1-14-4-5-15(2)18(12-14)22-17-8-6-16(7-9-17)19-13-24-11-3-10-21-20(24)23-19/h3-13,22H,1-2H3. The monoisotopic (exact) mass is 314 g/mol. The summed E-state index contributed by atoms with van der Waals surface area (Å²) in [6, 6.07) is 16.6. The van der Waals surface area contributed by atoms with Crippen LogP contribution in [0.15, 0.2) is 67.1 Å². The summed E-state index contributed by atoms with van der Waals surface area (Å²) in [7, 11) is 0. The number of nitrogens with zero attached hydrogens (tertiary/aromatic N) is 3. The van der Waals surface area contributed by atoms with Gasteiger partial charge < -0.3 is 5.32 Å². The van der Waals surface area contributed by atoms with E-state index in [4.69, 9.17) is 0 Å². The maximum atomic E-state index is 4.55. The molecule has 4 rings (SSSR count). The molecule has 0 atom stereocenters. The van der Waals surface area contributed by atoms with Gasteiger partial charge in [0.2, 0.25) is 5.78 Å². The van der Waals surface area contributed by atoms with Crippen LogP contribution < -0.4 is 5.32 Å². The number of fused-ring (bicyclic) bond motifs is 1. The van der Waals surface area contributed by atoms with Crippen molar-refractivity contribution in [1.29, 1.82) is 0 Å². The highest BCUT2D eigenvalue weighted by molar-refractivity contribution is 5.68. The maximum absolute atomic E-state index is 4.55. The Kier molecular flexibility index (Phi) is 3.50. The quantitative estimate of drug-likeness (QED) is 0.593. The van der Waals surface area contributed by atoms with Crippen LogP contribution in [0.4, 0.5) is 11.4 Å². The van der Waals surface area contributed by atoms with Crippen molar-refractivity contribution in [2.75, 3.05) is 5.32 Å². The van der Waals surface area contributed by atoms with Crippen molar-refractivity contribution in [3.8, 4) is 11.3 Å². The topological polar surface area (TPSA) is 42.2 Å². The zero-order valence-electron chi connectivity index (χ0n) is 13.7. The van der Waals surface area contributed by atoms with Crippen LogP contribution in [0.25, 0.3) is 17.0 Å². The van der Waals surface area contributed by atoms with E-state index in [1.807, 2.05) is 22.9 Å². The molecule has 2 heterocycles. The third kappa shape index (κ3) is 2.74. The summed E-state index contributed by atoms with van der Waals surface area (Å²) in [6.45, 7) is 4.21. The fourth-order valence-corrected chi connectivity index (χ4v) is 2.72. The highest BCUT2D eigenvalue weighted by Gasteiger charge is 2.05. The minimum atomic E-state index is 0.713. The number of rotatable bonds is 3. The Morgan fingerprint density at radius 1 is 1.00 bits per heavy atom. The Morgan fingerprint density at radius 3 is 2.62 bits per heavy atom. The van der Waals surface area contributed by atoms with Crippen LogP contribution >= 0.6 is 0 Å². The first-order chi connectivity index (χ1) is 11.7. The Balaban J connectivity index is 1.61. The maximum Gasteiger partial charge on any atom is 0.234 e. The molecule has 1 N–H and O–H groups in total. The van der Waals surface area contributed by atoms with Crippen molar-refractivity contribution in [3.63, 3.8) is 0 Å². The Bertz CT molecular complexity index is 967. The summed E-state index contributed by atoms with van der Waals surface area (Å²) in [5.74, 6) is 0.713. The number of hydrogen-bond donors (Lipinski definition) is 1. The third-order valence-corrected chi connectivity index (χ3v) is 4.09. The van der Waals surface area contributed by atoms with Crippen LogP contribution in [0.5, 0.6) is 0 Å². The molecular formula is C20H18N4. The van der Waals surface area contributed by atoms with Crippen LogP contribution in [-0.4, -0.2) is 14.4 Å². The number of benzene rings is 2. The molecule has 4 nitrogen and oxygen atoms in total. The van der Waals surface area contributed by atoms with E-state index >= 15 is 0 Å². The molecule has 0 aliphatic heterocycles. The summed E-state index contributed by atoms with van der Waals surface area (Å²) in [5.41, 5.74) is 6.68. The van der Waals surface area contributed by atoms with Gasteiger partial charge in [0.25, 0.3) is 0 Å². The first-order valence-electron chi connectivity index (χ1n) is 7.93. The van der Waals surface area contributed by atoms with E-state index in [0.717, 1.165) is 22.6 Å². The zero-order chi connectivity index (χ0) is 16.5. The number of hydrogen-bond acceptors (Lipinski definition) is 3. The molecule has 2 aromatic carbocycles. The van der Waals surface area contributed by atoms with Crippen molar-refractivity contribution < 1.29 is 0 Å². The van der Waals surface area contributed by atoms with Gasteiger partial charge in [0, 0.05) is 35.5 Å². The summed E-state index contributed by atoms with van der Waals surface area (Å²) in [5, 5.41) is 3.48. The highest BCUT2D eigenvalue weighted by atomic mass is 15.1. The number of aromatic nitrogens is 3. The molecule has 0 spiro atoms. The van der Waals surface area contributed by atoms with Gasteiger partial charge in [-0.25, -0.2) is 9.97 Å². The van der Waals surface area contributed by atoms with Gasteiger partial charge in [-0.2, -0.15) is 0 Å². The molecule has 0 unspecified atom stereocenters. The smallest absolute Gasteiger partial charge is 0.234 e. The van der Waals surface area contributed by atoms with Gasteiger partial charge in [-0.3, -0.25) is 4.40 Å². The third-order valence-electron chi connectivity index (χ3n) is 4.09. The zero-order valence-corrected chi connectivity index (χ0v) is 13.7. The molecular weight excluding hydrogens is 296 g/mol. The molecule has 0 bridgehead atoms. The molecule has 0 radical (unpaired) electrons. The molecule has 4 aromatic rings. The van der Waals surface area contributed by atoms with Crippen molar-refractivity contribution in [3.05, 3.63) is 78.2 Å². The van der Waals surface area contributed by atoms with E-state index in [0.29, 0.717) is 5.78 Å². The molecule has 0 saturated heterocycles. The first-order valence-corrected chi connectivity index (χ1v) is 7.93. The van der Waals surface area contributed by atoms with E-state index in [2.05, 4.69) is 71.6 Å². The second kappa shape index (κ2) is 5.81. The van der Waals surface area contributed by atoms with Gasteiger partial charge in [0.05, 0.1) is 5.69 Å². The molecule has 0 amide bonds. The Labute approximate surface area is 140 Å². The van der Waals surface area contributed by atoms with Crippen LogP contribution in [0.1, 0.15) is 11.1 Å². The van der Waals surface area contributed by atoms with Crippen LogP contribution in [0, 0.1) is 13.8 Å². The molecule has 0 saturated carbocycles. The highest BCUT2D eigenvalue weighted by Crippen LogP contribution is 2.25. The van der Waals surface area contributed by atoms with E-state index < -0.39 is 0 Å². The average Bonchev–Trinajstić information content (AvgIpc) is 3.03. The summed E-state index contributed by atoms with van der Waals surface area (Å²) in [4.78, 5) is 8.81. The lowest BCUT2D eigenvalue weighted by Gasteiger charge is -2.11. The summed E-state index contributed by atoms with van der Waals surface area (Å²) >= 11 is 0. The van der Waals surface area contributed by atoms with E-state index in [-0.39, 0.29) is 0 Å². The average molecular weight is 314 g/mol. The van der Waals surface area contributed by atoms with Crippen LogP contribution in [0.2, 0.25) is 0 Å². The van der Waals surface area contributed by atoms with Gasteiger partial charge in [-0.15, -0.1) is 0 Å². The molecule has 0 fully saturated rings. The molecule has 24 heavy (non-hydrogen) atoms. The van der Waals surface area contributed by atoms with Crippen LogP contribution in [-0.2, 0) is 0 Å². The lowest BCUT2D eigenvalue weighted by atomic mass is 10.1. The van der Waals surface area contributed by atoms with Crippen molar-refractivity contribution in [2.45, 2.75) is 13.8 Å². The van der Waals surface area contributed by atoms with Gasteiger partial charge in [-0.1, -0.05) is 24.3 Å². The Hall–Kier alpha value is -3.14. The van der Waals surface area contributed by atoms with Gasteiger partial charge >= 0.3 is 0 Å². The van der Waals surface area contributed by atoms with Crippen molar-refractivity contribution >= 4 is 17.2 Å². The van der Waals surface area contributed by atoms with E-state index in [1.165, 1.54) is 11.1 Å². The second-order valence-electron chi connectivity index (χ2n) is 5.97. The summed E-state index contributed by atoms with van der Waals surface area (Å²) in [6.07, 6.45) is 5.70. The fourth-order valence-electron chi connectivity index (χ4n) is 2.72. The number of nitrogens with one attached hydrogen (secondary N) is 1. The molecule has 118 valence electrons.